The number of nitrogens with one attached hydrogen (secondary N) is 2. The smallest absolute Gasteiger partial charge is 0.273 e. The lowest BCUT2D eigenvalue weighted by atomic mass is 10.4. The minimum absolute atomic E-state index is 0.118. The zero-order valence-corrected chi connectivity index (χ0v) is 13.5. The van der Waals surface area contributed by atoms with E-state index in [-0.39, 0.29) is 5.09 Å². The molecule has 0 aromatic carbocycles. The average molecular weight is 381 g/mol. The van der Waals surface area contributed by atoms with Gasteiger partial charge in [-0.1, -0.05) is 11.6 Å². The highest BCUT2D eigenvalue weighted by molar-refractivity contribution is 9.10. The van der Waals surface area contributed by atoms with E-state index in [9.17, 15) is 8.42 Å². The molecule has 2 heterocycles. The first-order valence-corrected chi connectivity index (χ1v) is 8.15. The van der Waals surface area contributed by atoms with Crippen LogP contribution in [0.5, 0.6) is 0 Å². The van der Waals surface area contributed by atoms with Crippen LogP contribution < -0.4 is 10.0 Å². The molecule has 108 valence electrons. The van der Waals surface area contributed by atoms with Crippen molar-refractivity contribution in [3.8, 4) is 0 Å². The van der Waals surface area contributed by atoms with Crippen molar-refractivity contribution >= 4 is 43.2 Å². The molecule has 0 spiro atoms. The summed E-state index contributed by atoms with van der Waals surface area (Å²) in [7, 11) is -2.23. The van der Waals surface area contributed by atoms with Crippen molar-refractivity contribution < 1.29 is 12.8 Å². The van der Waals surface area contributed by atoms with Crippen molar-refractivity contribution in [2.45, 2.75) is 11.6 Å². The molecular weight excluding hydrogens is 370 g/mol. The van der Waals surface area contributed by atoms with Crippen LogP contribution in [0.2, 0.25) is 5.15 Å². The zero-order valence-electron chi connectivity index (χ0n) is 10.4. The summed E-state index contributed by atoms with van der Waals surface area (Å²) in [4.78, 5) is 3.97. The van der Waals surface area contributed by atoms with Crippen molar-refractivity contribution in [1.82, 2.24) is 9.71 Å². The maximum Gasteiger partial charge on any atom is 0.273 e. The summed E-state index contributed by atoms with van der Waals surface area (Å²) in [5, 5.41) is 3.30. The van der Waals surface area contributed by atoms with Gasteiger partial charge in [-0.15, -0.1) is 0 Å². The lowest BCUT2D eigenvalue weighted by Crippen LogP contribution is -2.17. The summed E-state index contributed by atoms with van der Waals surface area (Å²) < 4.78 is 31.1. The molecule has 0 saturated heterocycles. The second kappa shape index (κ2) is 6.13. The Labute approximate surface area is 129 Å². The number of pyridine rings is 1. The van der Waals surface area contributed by atoms with Crippen molar-refractivity contribution in [3.63, 3.8) is 0 Å². The fourth-order valence-electron chi connectivity index (χ4n) is 1.41. The maximum absolute atomic E-state index is 11.5. The molecule has 0 aliphatic carbocycles. The van der Waals surface area contributed by atoms with E-state index in [1.54, 1.807) is 18.3 Å². The number of nitrogens with zero attached hydrogens (tertiary/aromatic N) is 1. The van der Waals surface area contributed by atoms with Gasteiger partial charge in [0.1, 0.15) is 10.9 Å². The average Bonchev–Trinajstić information content (AvgIpc) is 2.90. The van der Waals surface area contributed by atoms with Crippen LogP contribution in [-0.4, -0.2) is 20.4 Å². The topological polar surface area (TPSA) is 84.2 Å². The largest absolute Gasteiger partial charge is 0.446 e. The van der Waals surface area contributed by atoms with Crippen molar-refractivity contribution in [2.75, 3.05) is 12.4 Å². The van der Waals surface area contributed by atoms with E-state index in [0.29, 0.717) is 21.9 Å². The van der Waals surface area contributed by atoms with E-state index >= 15 is 0 Å². The van der Waals surface area contributed by atoms with Crippen LogP contribution in [0.1, 0.15) is 5.76 Å². The summed E-state index contributed by atoms with van der Waals surface area (Å²) in [6, 6.07) is 4.76. The van der Waals surface area contributed by atoms with E-state index < -0.39 is 10.0 Å². The van der Waals surface area contributed by atoms with Crippen LogP contribution in [0, 0.1) is 0 Å². The van der Waals surface area contributed by atoms with Crippen LogP contribution in [0.3, 0.4) is 0 Å². The number of aromatic nitrogens is 1. The molecule has 0 radical (unpaired) electrons. The van der Waals surface area contributed by atoms with Gasteiger partial charge in [-0.05, 0) is 41.2 Å². The minimum atomic E-state index is -3.55. The number of rotatable bonds is 5. The van der Waals surface area contributed by atoms with E-state index in [0.717, 1.165) is 5.69 Å². The first-order chi connectivity index (χ1) is 9.42. The highest BCUT2D eigenvalue weighted by Gasteiger charge is 2.16. The number of anilines is 1. The van der Waals surface area contributed by atoms with Gasteiger partial charge >= 0.3 is 0 Å². The Kier molecular flexibility index (Phi) is 4.69. The van der Waals surface area contributed by atoms with E-state index in [1.807, 2.05) is 0 Å². The molecule has 0 atom stereocenters. The van der Waals surface area contributed by atoms with Crippen molar-refractivity contribution in [2.24, 2.45) is 0 Å². The molecule has 0 amide bonds. The number of sulfonamides is 1. The highest BCUT2D eigenvalue weighted by Crippen LogP contribution is 2.23. The maximum atomic E-state index is 11.5. The third-order valence-corrected chi connectivity index (χ3v) is 4.85. The Bertz CT molecular complexity index is 717. The van der Waals surface area contributed by atoms with Crippen molar-refractivity contribution in [1.29, 1.82) is 0 Å². The quantitative estimate of drug-likeness (QED) is 0.779. The lowest BCUT2D eigenvalue weighted by Gasteiger charge is -2.05. The molecule has 2 aromatic heterocycles. The Morgan fingerprint density at radius 1 is 1.45 bits per heavy atom. The Hall–Kier alpha value is -1.09. The van der Waals surface area contributed by atoms with E-state index in [1.165, 1.54) is 13.1 Å². The normalized spacial score (nSPS) is 11.6. The Balaban J connectivity index is 2.06. The predicted octanol–water partition coefficient (Wildman–Crippen LogP) is 2.61. The summed E-state index contributed by atoms with van der Waals surface area (Å²) in [5.41, 5.74) is 0.732. The third-order valence-electron chi connectivity index (χ3n) is 2.43. The monoisotopic (exact) mass is 379 g/mol. The predicted molar refractivity (Wildman–Crippen MR) is 79.2 cm³/mol. The van der Waals surface area contributed by atoms with Gasteiger partial charge in [0.15, 0.2) is 0 Å². The fraction of sp³-hybridized carbons (Fsp3) is 0.182. The van der Waals surface area contributed by atoms with Crippen LogP contribution in [0.4, 0.5) is 5.69 Å². The van der Waals surface area contributed by atoms with Crippen LogP contribution in [-0.2, 0) is 16.6 Å². The molecule has 2 aromatic rings. The minimum Gasteiger partial charge on any atom is -0.446 e. The molecule has 0 unspecified atom stereocenters. The van der Waals surface area contributed by atoms with E-state index in [2.05, 4.69) is 31.0 Å². The number of furan rings is 1. The van der Waals surface area contributed by atoms with Gasteiger partial charge in [0.2, 0.25) is 5.09 Å². The number of halogens is 2. The molecule has 2 rings (SSSR count). The SMILES string of the molecule is CNS(=O)(=O)c1ccc(CNc2cnc(Cl)c(Br)c2)o1. The zero-order chi connectivity index (χ0) is 14.8. The first kappa shape index (κ1) is 15.3. The second-order valence-electron chi connectivity index (χ2n) is 3.78. The molecule has 0 aliphatic rings. The molecule has 0 aliphatic heterocycles. The number of hydrogen-bond donors (Lipinski definition) is 2. The van der Waals surface area contributed by atoms with Gasteiger partial charge in [-0.2, -0.15) is 0 Å². The molecule has 0 bridgehead atoms. The Morgan fingerprint density at radius 3 is 2.85 bits per heavy atom. The molecular formula is C11H11BrClN3O3S. The van der Waals surface area contributed by atoms with Gasteiger partial charge in [-0.3, -0.25) is 0 Å². The fourth-order valence-corrected chi connectivity index (χ4v) is 2.52. The summed E-state index contributed by atoms with van der Waals surface area (Å²) in [6.07, 6.45) is 1.57. The molecule has 6 nitrogen and oxygen atoms in total. The molecule has 0 fully saturated rings. The van der Waals surface area contributed by atoms with Gasteiger partial charge in [0, 0.05) is 0 Å². The van der Waals surface area contributed by atoms with Gasteiger partial charge in [0.05, 0.1) is 22.9 Å². The van der Waals surface area contributed by atoms with E-state index in [4.69, 9.17) is 16.0 Å². The highest BCUT2D eigenvalue weighted by atomic mass is 79.9. The number of hydrogen-bond acceptors (Lipinski definition) is 5. The van der Waals surface area contributed by atoms with Crippen LogP contribution >= 0.6 is 27.5 Å². The molecule has 20 heavy (non-hydrogen) atoms. The summed E-state index contributed by atoms with van der Waals surface area (Å²) >= 11 is 9.06. The first-order valence-electron chi connectivity index (χ1n) is 5.49. The third kappa shape index (κ3) is 3.51. The standard InChI is InChI=1S/C11H11BrClN3O3S/c1-14-20(17,18)10-3-2-8(19-10)6-15-7-4-9(12)11(13)16-5-7/h2-5,14-15H,6H2,1H3. The van der Waals surface area contributed by atoms with Gasteiger partial charge in [0.25, 0.3) is 10.0 Å². The Morgan fingerprint density at radius 2 is 2.20 bits per heavy atom. The van der Waals surface area contributed by atoms with Crippen LogP contribution in [0.25, 0.3) is 0 Å². The molecule has 2 N–H and O–H groups in total. The van der Waals surface area contributed by atoms with Gasteiger partial charge < -0.3 is 9.73 Å². The van der Waals surface area contributed by atoms with Gasteiger partial charge in [-0.25, -0.2) is 18.1 Å². The summed E-state index contributed by atoms with van der Waals surface area (Å²) in [6.45, 7) is 0.328. The molecule has 0 saturated carbocycles. The summed E-state index contributed by atoms with van der Waals surface area (Å²) in [5.74, 6) is 0.491. The lowest BCUT2D eigenvalue weighted by molar-refractivity contribution is 0.417. The van der Waals surface area contributed by atoms with Crippen LogP contribution in [0.15, 0.2) is 38.4 Å². The molecule has 9 heteroatoms. The van der Waals surface area contributed by atoms with Crippen molar-refractivity contribution in [3.05, 3.63) is 39.8 Å². The second-order valence-corrected chi connectivity index (χ2v) is 6.81.